The molecule has 1 atom stereocenters. The summed E-state index contributed by atoms with van der Waals surface area (Å²) < 4.78 is 5.70. The average molecular weight is 429 g/mol. The lowest BCUT2D eigenvalue weighted by Crippen LogP contribution is -2.50. The number of hydrogen-bond donors (Lipinski definition) is 1. The summed E-state index contributed by atoms with van der Waals surface area (Å²) in [6.45, 7) is 3.82. The van der Waals surface area contributed by atoms with Crippen LogP contribution in [0, 0.1) is 6.92 Å². The third kappa shape index (κ3) is 5.99. The number of rotatable bonds is 8. The zero-order valence-corrected chi connectivity index (χ0v) is 18.3. The minimum Gasteiger partial charge on any atom is -0.484 e. The monoisotopic (exact) mass is 428 g/mol. The topological polar surface area (TPSA) is 58.6 Å². The first-order valence-corrected chi connectivity index (χ1v) is 10.8. The lowest BCUT2D eigenvalue weighted by molar-refractivity contribution is -0.142. The van der Waals surface area contributed by atoms with Crippen LogP contribution >= 0.6 is 11.6 Å². The molecule has 0 unspecified atom stereocenters. The number of carbonyl (C=O) groups excluding carboxylic acids is 2. The second-order valence-corrected chi connectivity index (χ2v) is 8.29. The molecule has 0 saturated heterocycles. The highest BCUT2D eigenvalue weighted by atomic mass is 35.5. The Labute approximate surface area is 183 Å². The maximum atomic E-state index is 13.1. The van der Waals surface area contributed by atoms with E-state index in [1.807, 2.05) is 49.4 Å². The number of nitrogens with one attached hydrogen (secondary N) is 1. The first kappa shape index (κ1) is 22.2. The van der Waals surface area contributed by atoms with Gasteiger partial charge in [0.1, 0.15) is 11.8 Å². The van der Waals surface area contributed by atoms with Crippen LogP contribution in [0.3, 0.4) is 0 Å². The Bertz CT molecular complexity index is 880. The first-order valence-electron chi connectivity index (χ1n) is 10.5. The van der Waals surface area contributed by atoms with Crippen LogP contribution < -0.4 is 10.1 Å². The Morgan fingerprint density at radius 1 is 1.17 bits per heavy atom. The molecule has 1 aliphatic carbocycles. The molecule has 0 spiro atoms. The van der Waals surface area contributed by atoms with Crippen molar-refractivity contribution in [3.05, 3.63) is 64.7 Å². The van der Waals surface area contributed by atoms with Crippen LogP contribution in [0.4, 0.5) is 0 Å². The molecule has 1 fully saturated rings. The minimum absolute atomic E-state index is 0.141. The fraction of sp³-hybridized carbons (Fsp3) is 0.417. The highest BCUT2D eigenvalue weighted by Gasteiger charge is 2.29. The van der Waals surface area contributed by atoms with Gasteiger partial charge in [-0.2, -0.15) is 0 Å². The van der Waals surface area contributed by atoms with Gasteiger partial charge in [0.15, 0.2) is 6.61 Å². The zero-order valence-electron chi connectivity index (χ0n) is 17.6. The van der Waals surface area contributed by atoms with Crippen molar-refractivity contribution in [2.24, 2.45) is 0 Å². The van der Waals surface area contributed by atoms with Crippen LogP contribution in [0.25, 0.3) is 0 Å². The number of hydrogen-bond acceptors (Lipinski definition) is 3. The smallest absolute Gasteiger partial charge is 0.261 e. The van der Waals surface area contributed by atoms with Crippen molar-refractivity contribution in [3.8, 4) is 5.75 Å². The van der Waals surface area contributed by atoms with Gasteiger partial charge in [0.25, 0.3) is 5.91 Å². The SMILES string of the molecule is Cc1cccc(OCC(=O)N(Cc2ccccc2Cl)[C@@H](C)C(=O)NC2CCCC2)c1. The minimum atomic E-state index is -0.629. The van der Waals surface area contributed by atoms with Crippen molar-refractivity contribution in [3.63, 3.8) is 0 Å². The van der Waals surface area contributed by atoms with Crippen molar-refractivity contribution in [2.75, 3.05) is 6.61 Å². The van der Waals surface area contributed by atoms with Gasteiger partial charge in [0, 0.05) is 17.6 Å². The number of halogens is 1. The molecule has 160 valence electrons. The Morgan fingerprint density at radius 2 is 1.90 bits per heavy atom. The van der Waals surface area contributed by atoms with Gasteiger partial charge in [-0.15, -0.1) is 0 Å². The molecule has 3 rings (SSSR count). The average Bonchev–Trinajstić information content (AvgIpc) is 3.24. The molecule has 0 aromatic heterocycles. The van der Waals surface area contributed by atoms with E-state index in [9.17, 15) is 9.59 Å². The molecule has 5 nitrogen and oxygen atoms in total. The van der Waals surface area contributed by atoms with E-state index in [4.69, 9.17) is 16.3 Å². The maximum absolute atomic E-state index is 13.1. The molecule has 2 amide bonds. The molecule has 6 heteroatoms. The third-order valence-electron chi connectivity index (χ3n) is 5.52. The molecule has 0 radical (unpaired) electrons. The number of aryl methyl sites for hydroxylation is 1. The Morgan fingerprint density at radius 3 is 2.60 bits per heavy atom. The summed E-state index contributed by atoms with van der Waals surface area (Å²) in [7, 11) is 0. The summed E-state index contributed by atoms with van der Waals surface area (Å²) in [6.07, 6.45) is 4.25. The molecule has 1 saturated carbocycles. The molecule has 30 heavy (non-hydrogen) atoms. The van der Waals surface area contributed by atoms with E-state index in [0.29, 0.717) is 10.8 Å². The molecule has 2 aromatic rings. The summed E-state index contributed by atoms with van der Waals surface area (Å²) in [5.41, 5.74) is 1.85. The van der Waals surface area contributed by atoms with Crippen molar-refractivity contribution in [1.82, 2.24) is 10.2 Å². The van der Waals surface area contributed by atoms with Crippen molar-refractivity contribution in [2.45, 2.75) is 58.2 Å². The predicted octanol–water partition coefficient (Wildman–Crippen LogP) is 4.50. The largest absolute Gasteiger partial charge is 0.484 e. The Kier molecular flexibility index (Phi) is 7.75. The van der Waals surface area contributed by atoms with Gasteiger partial charge < -0.3 is 15.0 Å². The molecule has 2 aromatic carbocycles. The van der Waals surface area contributed by atoms with E-state index in [2.05, 4.69) is 5.32 Å². The van der Waals surface area contributed by atoms with Crippen LogP contribution in [0.5, 0.6) is 5.75 Å². The van der Waals surface area contributed by atoms with Crippen LogP contribution in [0.2, 0.25) is 5.02 Å². The molecule has 0 aliphatic heterocycles. The van der Waals surface area contributed by atoms with Crippen LogP contribution in [-0.4, -0.2) is 35.4 Å². The number of carbonyl (C=O) groups is 2. The fourth-order valence-corrected chi connectivity index (χ4v) is 3.91. The summed E-state index contributed by atoms with van der Waals surface area (Å²) >= 11 is 6.32. The summed E-state index contributed by atoms with van der Waals surface area (Å²) in [5.74, 6) is 0.229. The molecular formula is C24H29ClN2O3. The van der Waals surface area contributed by atoms with Crippen molar-refractivity contribution < 1.29 is 14.3 Å². The van der Waals surface area contributed by atoms with E-state index in [1.165, 1.54) is 0 Å². The van der Waals surface area contributed by atoms with Crippen molar-refractivity contribution >= 4 is 23.4 Å². The van der Waals surface area contributed by atoms with Gasteiger partial charge in [-0.1, -0.05) is 54.8 Å². The van der Waals surface area contributed by atoms with Crippen molar-refractivity contribution in [1.29, 1.82) is 0 Å². The molecular weight excluding hydrogens is 400 g/mol. The van der Waals surface area contributed by atoms with Crippen LogP contribution in [0.1, 0.15) is 43.7 Å². The second-order valence-electron chi connectivity index (χ2n) is 7.88. The Hall–Kier alpha value is -2.53. The third-order valence-corrected chi connectivity index (χ3v) is 5.89. The predicted molar refractivity (Wildman–Crippen MR) is 119 cm³/mol. The van der Waals surface area contributed by atoms with E-state index < -0.39 is 6.04 Å². The highest BCUT2D eigenvalue weighted by molar-refractivity contribution is 6.31. The quantitative estimate of drug-likeness (QED) is 0.673. The normalized spacial score (nSPS) is 14.9. The van der Waals surface area contributed by atoms with Gasteiger partial charge in [0.2, 0.25) is 5.91 Å². The lowest BCUT2D eigenvalue weighted by atomic mass is 10.1. The number of ether oxygens (including phenoxy) is 1. The standard InChI is InChI=1S/C24H29ClN2O3/c1-17-8-7-12-21(14-17)30-16-23(28)27(15-19-9-3-6-13-22(19)25)18(2)24(29)26-20-10-4-5-11-20/h3,6-9,12-14,18,20H,4-5,10-11,15-16H2,1-2H3,(H,26,29)/t18-/m0/s1. The maximum Gasteiger partial charge on any atom is 0.261 e. The Balaban J connectivity index is 1.72. The van der Waals surface area contributed by atoms with E-state index in [1.54, 1.807) is 17.9 Å². The molecule has 1 aliphatic rings. The van der Waals surface area contributed by atoms with Crippen LogP contribution in [0.15, 0.2) is 48.5 Å². The zero-order chi connectivity index (χ0) is 21.5. The van der Waals surface area contributed by atoms with E-state index >= 15 is 0 Å². The van der Waals surface area contributed by atoms with Gasteiger partial charge in [-0.25, -0.2) is 0 Å². The van der Waals surface area contributed by atoms with E-state index in [0.717, 1.165) is 36.8 Å². The van der Waals surface area contributed by atoms with Crippen LogP contribution in [-0.2, 0) is 16.1 Å². The summed E-state index contributed by atoms with van der Waals surface area (Å²) in [5, 5.41) is 3.66. The summed E-state index contributed by atoms with van der Waals surface area (Å²) in [6, 6.07) is 14.5. The fourth-order valence-electron chi connectivity index (χ4n) is 3.72. The second kappa shape index (κ2) is 10.5. The van der Waals surface area contributed by atoms with Gasteiger partial charge in [-0.3, -0.25) is 9.59 Å². The number of nitrogens with zero attached hydrogens (tertiary/aromatic N) is 1. The molecule has 0 bridgehead atoms. The van der Waals surface area contributed by atoms with E-state index in [-0.39, 0.29) is 31.0 Å². The van der Waals surface area contributed by atoms with Gasteiger partial charge in [-0.05, 0) is 56.0 Å². The summed E-state index contributed by atoms with van der Waals surface area (Å²) in [4.78, 5) is 27.5. The number of benzene rings is 2. The molecule has 1 N–H and O–H groups in total. The van der Waals surface area contributed by atoms with Gasteiger partial charge >= 0.3 is 0 Å². The number of amides is 2. The molecule has 0 heterocycles. The lowest BCUT2D eigenvalue weighted by Gasteiger charge is -2.30. The van der Waals surface area contributed by atoms with Gasteiger partial charge in [0.05, 0.1) is 0 Å². The first-order chi connectivity index (χ1) is 14.4. The highest BCUT2D eigenvalue weighted by Crippen LogP contribution is 2.21.